The lowest BCUT2D eigenvalue weighted by atomic mass is 10.0. The molecule has 2 N–H and O–H groups in total. The average molecular weight is 250 g/mol. The van der Waals surface area contributed by atoms with Gasteiger partial charge in [-0.1, -0.05) is 0 Å². The van der Waals surface area contributed by atoms with Gasteiger partial charge in [-0.25, -0.2) is 8.78 Å². The molecule has 0 saturated carbocycles. The molecule has 0 aliphatic carbocycles. The Morgan fingerprint density at radius 3 is 2.78 bits per heavy atom. The fourth-order valence-electron chi connectivity index (χ4n) is 2.96. The molecule has 0 spiro atoms. The van der Waals surface area contributed by atoms with Crippen molar-refractivity contribution < 1.29 is 8.78 Å². The van der Waals surface area contributed by atoms with Crippen LogP contribution in [0.5, 0.6) is 0 Å². The monoisotopic (exact) mass is 250 g/mol. The molecular weight excluding hydrogens is 234 g/mol. The van der Waals surface area contributed by atoms with Crippen molar-refractivity contribution in [3.63, 3.8) is 0 Å². The number of nitrogens with two attached hydrogens (primary N) is 1. The van der Waals surface area contributed by atoms with Crippen LogP contribution in [0.1, 0.15) is 24.6 Å². The molecule has 1 atom stereocenters. The molecule has 0 radical (unpaired) electrons. The second-order valence-corrected chi connectivity index (χ2v) is 5.15. The van der Waals surface area contributed by atoms with E-state index in [4.69, 9.17) is 5.73 Å². The number of aryl methyl sites for hydroxylation is 1. The number of nitrogens with zero attached hydrogens (tertiary/aromatic N) is 1. The molecule has 0 fully saturated rings. The van der Waals surface area contributed by atoms with E-state index in [1.165, 1.54) is 17.8 Å². The smallest absolute Gasteiger partial charge is 0.160 e. The van der Waals surface area contributed by atoms with Crippen molar-refractivity contribution in [1.82, 2.24) is 4.57 Å². The first-order valence-electron chi connectivity index (χ1n) is 6.32. The van der Waals surface area contributed by atoms with Gasteiger partial charge in [0.05, 0.1) is 5.52 Å². The first-order valence-corrected chi connectivity index (χ1v) is 6.32. The highest BCUT2D eigenvalue weighted by molar-refractivity contribution is 5.86. The van der Waals surface area contributed by atoms with Crippen LogP contribution in [0.3, 0.4) is 0 Å². The average Bonchev–Trinajstić information content (AvgIpc) is 2.85. The Hall–Kier alpha value is -1.42. The summed E-state index contributed by atoms with van der Waals surface area (Å²) in [4.78, 5) is 0. The molecule has 18 heavy (non-hydrogen) atoms. The van der Waals surface area contributed by atoms with E-state index in [1.54, 1.807) is 0 Å². The molecule has 1 unspecified atom stereocenters. The van der Waals surface area contributed by atoms with E-state index in [1.807, 2.05) is 6.92 Å². The van der Waals surface area contributed by atoms with Gasteiger partial charge in [-0.3, -0.25) is 0 Å². The number of aromatic nitrogens is 1. The molecule has 3 rings (SSSR count). The van der Waals surface area contributed by atoms with Gasteiger partial charge in [-0.15, -0.1) is 0 Å². The molecule has 1 aromatic carbocycles. The lowest BCUT2D eigenvalue weighted by Gasteiger charge is -2.06. The zero-order valence-corrected chi connectivity index (χ0v) is 10.3. The molecule has 2 aromatic rings. The minimum Gasteiger partial charge on any atom is -0.344 e. The highest BCUT2D eigenvalue weighted by Gasteiger charge is 2.23. The number of fused-ring (bicyclic) bond motifs is 3. The summed E-state index contributed by atoms with van der Waals surface area (Å²) >= 11 is 0. The Balaban J connectivity index is 2.29. The second-order valence-electron chi connectivity index (χ2n) is 5.15. The van der Waals surface area contributed by atoms with E-state index in [0.717, 1.165) is 35.9 Å². The Morgan fingerprint density at radius 2 is 2.06 bits per heavy atom. The standard InChI is InChI=1S/C14H16F2N2/c1-8(17)5-9-10-6-11(15)12(16)7-14(10)18-4-2-3-13(9)18/h6-8H,2-5,17H2,1H3. The highest BCUT2D eigenvalue weighted by atomic mass is 19.2. The van der Waals surface area contributed by atoms with Crippen LogP contribution in [0.25, 0.3) is 10.9 Å². The third kappa shape index (κ3) is 1.63. The van der Waals surface area contributed by atoms with E-state index in [9.17, 15) is 8.78 Å². The quantitative estimate of drug-likeness (QED) is 0.873. The topological polar surface area (TPSA) is 30.9 Å². The maximum atomic E-state index is 13.4. The first-order chi connectivity index (χ1) is 8.58. The predicted octanol–water partition coefficient (Wildman–Crippen LogP) is 2.76. The molecular formula is C14H16F2N2. The molecule has 1 aliphatic heterocycles. The molecule has 2 heterocycles. The SMILES string of the molecule is CC(N)Cc1c2n(c3cc(F)c(F)cc13)CCC2. The minimum atomic E-state index is -0.780. The van der Waals surface area contributed by atoms with Crippen LogP contribution in [-0.2, 0) is 19.4 Å². The zero-order chi connectivity index (χ0) is 12.9. The third-order valence-electron chi connectivity index (χ3n) is 3.65. The second kappa shape index (κ2) is 4.05. The lowest BCUT2D eigenvalue weighted by Crippen LogP contribution is -2.18. The van der Waals surface area contributed by atoms with E-state index in [2.05, 4.69) is 4.57 Å². The molecule has 4 heteroatoms. The van der Waals surface area contributed by atoms with Crippen LogP contribution in [0.2, 0.25) is 0 Å². The largest absolute Gasteiger partial charge is 0.344 e. The molecule has 1 aliphatic rings. The van der Waals surface area contributed by atoms with Crippen LogP contribution >= 0.6 is 0 Å². The summed E-state index contributed by atoms with van der Waals surface area (Å²) in [5.41, 5.74) is 8.96. The van der Waals surface area contributed by atoms with Crippen molar-refractivity contribution in [2.45, 2.75) is 38.8 Å². The summed E-state index contributed by atoms with van der Waals surface area (Å²) in [5, 5.41) is 0.820. The summed E-state index contributed by atoms with van der Waals surface area (Å²) in [6.07, 6.45) is 2.75. The van der Waals surface area contributed by atoms with Gasteiger partial charge >= 0.3 is 0 Å². The molecule has 1 aromatic heterocycles. The van der Waals surface area contributed by atoms with Gasteiger partial charge in [-0.2, -0.15) is 0 Å². The minimum absolute atomic E-state index is 0.0222. The summed E-state index contributed by atoms with van der Waals surface area (Å²) in [6.45, 7) is 2.82. The Bertz CT molecular complexity index is 614. The summed E-state index contributed by atoms with van der Waals surface area (Å²) in [7, 11) is 0. The Morgan fingerprint density at radius 1 is 1.33 bits per heavy atom. The van der Waals surface area contributed by atoms with Crippen molar-refractivity contribution in [3.05, 3.63) is 35.0 Å². The maximum absolute atomic E-state index is 13.4. The van der Waals surface area contributed by atoms with E-state index >= 15 is 0 Å². The maximum Gasteiger partial charge on any atom is 0.160 e. The number of rotatable bonds is 2. The Labute approximate surface area is 104 Å². The van der Waals surface area contributed by atoms with Gasteiger partial charge in [0.15, 0.2) is 11.6 Å². The van der Waals surface area contributed by atoms with Gasteiger partial charge in [0.1, 0.15) is 0 Å². The van der Waals surface area contributed by atoms with Gasteiger partial charge in [0, 0.05) is 29.7 Å². The predicted molar refractivity (Wildman–Crippen MR) is 67.5 cm³/mol. The molecule has 0 amide bonds. The van der Waals surface area contributed by atoms with Crippen LogP contribution in [0.15, 0.2) is 12.1 Å². The zero-order valence-electron chi connectivity index (χ0n) is 10.3. The first kappa shape index (κ1) is 11.7. The van der Waals surface area contributed by atoms with Gasteiger partial charge in [-0.05, 0) is 37.8 Å². The summed E-state index contributed by atoms with van der Waals surface area (Å²) in [6, 6.07) is 2.65. The normalized spacial score (nSPS) is 16.2. The molecule has 0 saturated heterocycles. The van der Waals surface area contributed by atoms with Crippen molar-refractivity contribution >= 4 is 10.9 Å². The lowest BCUT2D eigenvalue weighted by molar-refractivity contribution is 0.510. The number of halogens is 2. The highest BCUT2D eigenvalue weighted by Crippen LogP contribution is 2.33. The summed E-state index contributed by atoms with van der Waals surface area (Å²) < 4.78 is 28.9. The Kier molecular flexibility index (Phi) is 2.63. The fraction of sp³-hybridized carbons (Fsp3) is 0.429. The number of benzene rings is 1. The molecule has 0 bridgehead atoms. The van der Waals surface area contributed by atoms with E-state index < -0.39 is 11.6 Å². The van der Waals surface area contributed by atoms with Crippen molar-refractivity contribution in [3.8, 4) is 0 Å². The fourth-order valence-corrected chi connectivity index (χ4v) is 2.96. The van der Waals surface area contributed by atoms with Crippen LogP contribution < -0.4 is 5.73 Å². The van der Waals surface area contributed by atoms with Crippen molar-refractivity contribution in [1.29, 1.82) is 0 Å². The number of hydrogen-bond donors (Lipinski definition) is 1. The number of hydrogen-bond acceptors (Lipinski definition) is 1. The van der Waals surface area contributed by atoms with Crippen molar-refractivity contribution in [2.24, 2.45) is 5.73 Å². The van der Waals surface area contributed by atoms with Gasteiger partial charge < -0.3 is 10.3 Å². The molecule has 96 valence electrons. The van der Waals surface area contributed by atoms with Crippen LogP contribution in [0, 0.1) is 11.6 Å². The van der Waals surface area contributed by atoms with E-state index in [-0.39, 0.29) is 6.04 Å². The van der Waals surface area contributed by atoms with Crippen LogP contribution in [0.4, 0.5) is 8.78 Å². The third-order valence-corrected chi connectivity index (χ3v) is 3.65. The van der Waals surface area contributed by atoms with Gasteiger partial charge in [0.2, 0.25) is 0 Å². The van der Waals surface area contributed by atoms with E-state index in [0.29, 0.717) is 6.42 Å². The summed E-state index contributed by atoms with van der Waals surface area (Å²) in [5.74, 6) is -1.56. The molecule has 2 nitrogen and oxygen atoms in total. The van der Waals surface area contributed by atoms with Crippen molar-refractivity contribution in [2.75, 3.05) is 0 Å². The van der Waals surface area contributed by atoms with Crippen LogP contribution in [-0.4, -0.2) is 10.6 Å². The van der Waals surface area contributed by atoms with Gasteiger partial charge in [0.25, 0.3) is 0 Å².